The first kappa shape index (κ1) is 18.2. The highest BCUT2D eigenvalue weighted by molar-refractivity contribution is 5.87. The van der Waals surface area contributed by atoms with Crippen molar-refractivity contribution in [3.05, 3.63) is 35.4 Å². The molecular formula is C17H24N2O5. The number of amides is 2. The third-order valence-corrected chi connectivity index (χ3v) is 3.77. The lowest BCUT2D eigenvalue weighted by atomic mass is 10.1. The molecule has 7 nitrogen and oxygen atoms in total. The number of nitrogens with zero attached hydrogens (tertiary/aromatic N) is 1. The molecule has 1 aliphatic rings. The number of benzene rings is 1. The molecule has 0 aromatic heterocycles. The first-order valence-corrected chi connectivity index (χ1v) is 7.82. The minimum absolute atomic E-state index is 0.153. The topological polar surface area (TPSA) is 88.1 Å². The lowest BCUT2D eigenvalue weighted by Crippen LogP contribution is -2.57. The van der Waals surface area contributed by atoms with Gasteiger partial charge in [0.2, 0.25) is 0 Å². The highest BCUT2D eigenvalue weighted by Crippen LogP contribution is 2.21. The summed E-state index contributed by atoms with van der Waals surface area (Å²) in [6.07, 6.45) is -0.153. The number of carboxylic acid groups (broad SMARTS) is 1. The van der Waals surface area contributed by atoms with Gasteiger partial charge in [-0.3, -0.25) is 0 Å². The first-order chi connectivity index (χ1) is 11.3. The summed E-state index contributed by atoms with van der Waals surface area (Å²) in [5, 5.41) is 11.7. The summed E-state index contributed by atoms with van der Waals surface area (Å²) in [6, 6.07) is 6.27. The zero-order chi connectivity index (χ0) is 17.7. The second-order valence-electron chi connectivity index (χ2n) is 6.50. The number of carbonyl (C=O) groups is 2. The fraction of sp³-hybridized carbons (Fsp3) is 0.529. The predicted molar refractivity (Wildman–Crippen MR) is 88.0 cm³/mol. The summed E-state index contributed by atoms with van der Waals surface area (Å²) in [5.41, 5.74) is 0.638. The number of nitrogens with one attached hydrogen (secondary N) is 1. The van der Waals surface area contributed by atoms with Gasteiger partial charge in [0, 0.05) is 13.7 Å². The number of carbonyl (C=O) groups excluding carboxylic acids is 1. The number of morpholine rings is 1. The molecule has 1 heterocycles. The molecule has 132 valence electrons. The van der Waals surface area contributed by atoms with Crippen molar-refractivity contribution in [2.24, 2.45) is 0 Å². The van der Waals surface area contributed by atoms with E-state index in [4.69, 9.17) is 14.6 Å². The molecule has 0 aliphatic carbocycles. The molecular weight excluding hydrogens is 312 g/mol. The number of ether oxygens (including phenoxy) is 2. The summed E-state index contributed by atoms with van der Waals surface area (Å²) in [6.45, 7) is 5.63. The Hall–Kier alpha value is -2.12. The molecule has 24 heavy (non-hydrogen) atoms. The molecule has 1 unspecified atom stereocenters. The quantitative estimate of drug-likeness (QED) is 0.855. The Morgan fingerprint density at radius 3 is 2.62 bits per heavy atom. The average molecular weight is 336 g/mol. The molecule has 1 aliphatic heterocycles. The zero-order valence-electron chi connectivity index (χ0n) is 14.2. The van der Waals surface area contributed by atoms with Gasteiger partial charge in [0.25, 0.3) is 0 Å². The molecule has 1 aromatic rings. The monoisotopic (exact) mass is 336 g/mol. The van der Waals surface area contributed by atoms with E-state index in [0.717, 1.165) is 5.56 Å². The second-order valence-corrected chi connectivity index (χ2v) is 6.50. The Morgan fingerprint density at radius 1 is 1.38 bits per heavy atom. The minimum atomic E-state index is -0.967. The van der Waals surface area contributed by atoms with Crippen LogP contribution in [0.25, 0.3) is 0 Å². The van der Waals surface area contributed by atoms with Gasteiger partial charge in [-0.15, -0.1) is 0 Å². The van der Waals surface area contributed by atoms with Gasteiger partial charge >= 0.3 is 12.0 Å². The van der Waals surface area contributed by atoms with Crippen molar-refractivity contribution in [1.82, 2.24) is 10.2 Å². The molecule has 1 aromatic carbocycles. The van der Waals surface area contributed by atoms with Gasteiger partial charge in [0.05, 0.1) is 37.0 Å². The van der Waals surface area contributed by atoms with E-state index in [1.54, 1.807) is 24.1 Å². The van der Waals surface area contributed by atoms with Gasteiger partial charge in [0.15, 0.2) is 0 Å². The molecule has 7 heteroatoms. The van der Waals surface area contributed by atoms with Gasteiger partial charge in [-0.1, -0.05) is 12.1 Å². The molecule has 2 N–H and O–H groups in total. The Labute approximate surface area is 141 Å². The van der Waals surface area contributed by atoms with E-state index >= 15 is 0 Å². The molecule has 1 atom stereocenters. The second kappa shape index (κ2) is 7.63. The summed E-state index contributed by atoms with van der Waals surface area (Å²) in [4.78, 5) is 25.0. The first-order valence-electron chi connectivity index (χ1n) is 7.82. The summed E-state index contributed by atoms with van der Waals surface area (Å²) < 4.78 is 11.0. The maximum atomic E-state index is 12.4. The van der Waals surface area contributed by atoms with Crippen molar-refractivity contribution in [2.75, 3.05) is 26.8 Å². The van der Waals surface area contributed by atoms with E-state index in [-0.39, 0.29) is 17.7 Å². The van der Waals surface area contributed by atoms with E-state index in [1.165, 1.54) is 12.1 Å². The molecule has 0 saturated carbocycles. The van der Waals surface area contributed by atoms with Gasteiger partial charge in [-0.2, -0.15) is 0 Å². The normalized spacial score (nSPS) is 19.8. The van der Waals surface area contributed by atoms with Crippen LogP contribution in [0.4, 0.5) is 4.79 Å². The van der Waals surface area contributed by atoms with Gasteiger partial charge in [-0.05, 0) is 31.5 Å². The van der Waals surface area contributed by atoms with Crippen molar-refractivity contribution in [2.45, 2.75) is 32.1 Å². The Kier molecular flexibility index (Phi) is 5.80. The van der Waals surface area contributed by atoms with Crippen LogP contribution in [0.15, 0.2) is 24.3 Å². The van der Waals surface area contributed by atoms with Crippen LogP contribution in [0.1, 0.15) is 29.8 Å². The molecule has 0 radical (unpaired) electrons. The van der Waals surface area contributed by atoms with Crippen LogP contribution in [-0.2, 0) is 16.0 Å². The Balaban J connectivity index is 1.92. The number of aromatic carboxylic acids is 1. The summed E-state index contributed by atoms with van der Waals surface area (Å²) in [5.74, 6) is -0.967. The number of rotatable bonds is 5. The molecule has 1 saturated heterocycles. The number of hydrogen-bond donors (Lipinski definition) is 2. The fourth-order valence-corrected chi connectivity index (χ4v) is 2.78. The van der Waals surface area contributed by atoms with Crippen LogP contribution in [-0.4, -0.2) is 60.5 Å². The van der Waals surface area contributed by atoms with E-state index in [0.29, 0.717) is 26.2 Å². The zero-order valence-corrected chi connectivity index (χ0v) is 14.2. The van der Waals surface area contributed by atoms with E-state index in [1.807, 2.05) is 13.8 Å². The van der Waals surface area contributed by atoms with Crippen LogP contribution in [0, 0.1) is 0 Å². The van der Waals surface area contributed by atoms with Gasteiger partial charge in [-0.25, -0.2) is 9.59 Å². The highest BCUT2D eigenvalue weighted by Gasteiger charge is 2.35. The maximum Gasteiger partial charge on any atom is 0.335 e. The van der Waals surface area contributed by atoms with E-state index in [2.05, 4.69) is 5.32 Å². The lowest BCUT2D eigenvalue weighted by Gasteiger charge is -2.42. The largest absolute Gasteiger partial charge is 0.478 e. The number of methoxy groups -OCH3 is 1. The van der Waals surface area contributed by atoms with Gasteiger partial charge in [0.1, 0.15) is 0 Å². The standard InChI is InChI=1S/C17H24N2O5/c1-17(2)11-19(9-14(24-17)10-23-3)16(22)18-8-12-4-6-13(7-5-12)15(20)21/h4-7,14H,8-11H2,1-3H3,(H,18,22)(H,20,21). The molecule has 0 bridgehead atoms. The van der Waals surface area contributed by atoms with Crippen molar-refractivity contribution < 1.29 is 24.2 Å². The Morgan fingerprint density at radius 2 is 2.04 bits per heavy atom. The molecule has 0 spiro atoms. The van der Waals surface area contributed by atoms with Crippen LogP contribution >= 0.6 is 0 Å². The van der Waals surface area contributed by atoms with Crippen molar-refractivity contribution in [3.63, 3.8) is 0 Å². The molecule has 1 fully saturated rings. The SMILES string of the molecule is COCC1CN(C(=O)NCc2ccc(C(=O)O)cc2)CC(C)(C)O1. The Bertz CT molecular complexity index is 585. The maximum absolute atomic E-state index is 12.4. The number of carboxylic acids is 1. The van der Waals surface area contributed by atoms with Crippen molar-refractivity contribution in [1.29, 1.82) is 0 Å². The lowest BCUT2D eigenvalue weighted by molar-refractivity contribution is -0.142. The fourth-order valence-electron chi connectivity index (χ4n) is 2.78. The third-order valence-electron chi connectivity index (χ3n) is 3.77. The van der Waals surface area contributed by atoms with Crippen molar-refractivity contribution >= 4 is 12.0 Å². The average Bonchev–Trinajstić information content (AvgIpc) is 2.51. The van der Waals surface area contributed by atoms with E-state index in [9.17, 15) is 9.59 Å². The van der Waals surface area contributed by atoms with Crippen molar-refractivity contribution in [3.8, 4) is 0 Å². The number of hydrogen-bond acceptors (Lipinski definition) is 4. The smallest absolute Gasteiger partial charge is 0.335 e. The van der Waals surface area contributed by atoms with Gasteiger partial charge < -0.3 is 24.8 Å². The minimum Gasteiger partial charge on any atom is -0.478 e. The number of urea groups is 1. The van der Waals surface area contributed by atoms with Crippen LogP contribution < -0.4 is 5.32 Å². The van der Waals surface area contributed by atoms with Crippen LogP contribution in [0.3, 0.4) is 0 Å². The highest BCUT2D eigenvalue weighted by atomic mass is 16.5. The van der Waals surface area contributed by atoms with E-state index < -0.39 is 11.6 Å². The van der Waals surface area contributed by atoms with Crippen LogP contribution in [0.2, 0.25) is 0 Å². The molecule has 2 rings (SSSR count). The summed E-state index contributed by atoms with van der Waals surface area (Å²) >= 11 is 0. The summed E-state index contributed by atoms with van der Waals surface area (Å²) in [7, 11) is 1.61. The third kappa shape index (κ3) is 4.94. The van der Waals surface area contributed by atoms with Crippen LogP contribution in [0.5, 0.6) is 0 Å². The molecule has 2 amide bonds. The predicted octanol–water partition coefficient (Wildman–Crippen LogP) is 1.72.